The molecule has 4 heterocycles. The smallest absolute Gasteiger partial charge is 0.257 e. The summed E-state index contributed by atoms with van der Waals surface area (Å²) in [5.74, 6) is 1.54. The molecular weight excluding hydrogens is 585 g/mol. The quantitative estimate of drug-likeness (QED) is 0.232. The highest BCUT2D eigenvalue weighted by Crippen LogP contribution is 2.35. The molecule has 3 aromatic rings. The monoisotopic (exact) mass is 633 g/mol. The van der Waals surface area contributed by atoms with E-state index in [0.29, 0.717) is 18.1 Å². The number of anilines is 1. The Morgan fingerprint density at radius 2 is 1.93 bits per heavy atom. The number of benzene rings is 1. The van der Waals surface area contributed by atoms with Gasteiger partial charge in [-0.15, -0.1) is 0 Å². The summed E-state index contributed by atoms with van der Waals surface area (Å²) < 4.78 is 27.2. The first kappa shape index (κ1) is 33.5. The first-order chi connectivity index (χ1) is 22.4. The Morgan fingerprint density at radius 3 is 2.70 bits per heavy atom. The van der Waals surface area contributed by atoms with Crippen molar-refractivity contribution >= 4 is 11.7 Å². The van der Waals surface area contributed by atoms with Crippen molar-refractivity contribution in [1.82, 2.24) is 30.1 Å². The van der Waals surface area contributed by atoms with Crippen molar-refractivity contribution in [3.05, 3.63) is 65.6 Å². The zero-order valence-corrected chi connectivity index (χ0v) is 27.7. The maximum absolute atomic E-state index is 14.4. The Kier molecular flexibility index (Phi) is 11.8. The van der Waals surface area contributed by atoms with Crippen LogP contribution in [0.5, 0.6) is 17.2 Å². The average Bonchev–Trinajstić information content (AvgIpc) is 3.08. The molecule has 1 aromatic carbocycles. The van der Waals surface area contributed by atoms with Gasteiger partial charge in [-0.1, -0.05) is 6.92 Å². The summed E-state index contributed by atoms with van der Waals surface area (Å²) in [4.78, 5) is 33.3. The largest absolute Gasteiger partial charge is 0.490 e. The standard InChI is InChI=1S/C35H48FN7O3/c1-5-25(3)43(6-2)35(44)29-21-26(36)9-10-31(29)46-33-22-38-24-40-34(33)42-19-12-27(13-20-42)45-32-11-16-39-30-23-41(18-14-28(30)32)17-8-7-15-37-4/h9-11,16,21-22,24-25,27,37H,5-8,12-15,17-20,23H2,1-4H3. The molecule has 2 aromatic heterocycles. The molecule has 0 saturated carbocycles. The predicted octanol–water partition coefficient (Wildman–Crippen LogP) is 5.47. The Hall–Kier alpha value is -3.83. The van der Waals surface area contributed by atoms with E-state index >= 15 is 0 Å². The maximum Gasteiger partial charge on any atom is 0.257 e. The second-order valence-electron chi connectivity index (χ2n) is 12.2. The fraction of sp³-hybridized carbons (Fsp3) is 0.543. The molecule has 1 amide bonds. The van der Waals surface area contributed by atoms with Crippen molar-refractivity contribution in [3.63, 3.8) is 0 Å². The van der Waals surface area contributed by atoms with Gasteiger partial charge >= 0.3 is 0 Å². The summed E-state index contributed by atoms with van der Waals surface area (Å²) in [6.45, 7) is 11.9. The predicted molar refractivity (Wildman–Crippen MR) is 177 cm³/mol. The SMILES string of the molecule is CCC(C)N(CC)C(=O)c1cc(F)ccc1Oc1cncnc1N1CCC(Oc2ccnc3c2CCN(CCCCNC)C3)CC1. The Bertz CT molecular complexity index is 1450. The zero-order chi connectivity index (χ0) is 32.5. The van der Waals surface area contributed by atoms with E-state index in [1.165, 1.54) is 42.9 Å². The van der Waals surface area contributed by atoms with Crippen LogP contribution in [0.1, 0.15) is 74.5 Å². The number of nitrogens with one attached hydrogen (secondary N) is 1. The van der Waals surface area contributed by atoms with Crippen LogP contribution in [0.15, 0.2) is 43.0 Å². The number of amides is 1. The topological polar surface area (TPSA) is 96.0 Å². The number of carbonyl (C=O) groups is 1. The Morgan fingerprint density at radius 1 is 1.11 bits per heavy atom. The lowest BCUT2D eigenvalue weighted by atomic mass is 10.0. The van der Waals surface area contributed by atoms with Gasteiger partial charge in [-0.25, -0.2) is 14.4 Å². The maximum atomic E-state index is 14.4. The van der Waals surface area contributed by atoms with Crippen molar-refractivity contribution in [2.24, 2.45) is 0 Å². The van der Waals surface area contributed by atoms with Gasteiger partial charge in [0, 0.05) is 63.4 Å². The number of fused-ring (bicyclic) bond motifs is 1. The van der Waals surface area contributed by atoms with Gasteiger partial charge < -0.3 is 24.6 Å². The highest BCUT2D eigenvalue weighted by molar-refractivity contribution is 5.97. The van der Waals surface area contributed by atoms with E-state index in [1.807, 2.05) is 40.1 Å². The number of aromatic nitrogens is 3. The van der Waals surface area contributed by atoms with E-state index in [2.05, 4.69) is 25.1 Å². The van der Waals surface area contributed by atoms with Crippen molar-refractivity contribution in [3.8, 4) is 17.2 Å². The summed E-state index contributed by atoms with van der Waals surface area (Å²) in [7, 11) is 2.00. The first-order valence-electron chi connectivity index (χ1n) is 16.7. The molecule has 1 saturated heterocycles. The third-order valence-electron chi connectivity index (χ3n) is 9.11. The van der Waals surface area contributed by atoms with Crippen LogP contribution in [0.25, 0.3) is 0 Å². The van der Waals surface area contributed by atoms with Gasteiger partial charge in [0.05, 0.1) is 17.5 Å². The van der Waals surface area contributed by atoms with E-state index in [1.54, 1.807) is 11.1 Å². The van der Waals surface area contributed by atoms with Gasteiger partial charge in [-0.2, -0.15) is 0 Å². The number of piperidine rings is 1. The lowest BCUT2D eigenvalue weighted by molar-refractivity contribution is 0.0696. The Labute approximate surface area is 272 Å². The van der Waals surface area contributed by atoms with Crippen LogP contribution in [-0.2, 0) is 13.0 Å². The van der Waals surface area contributed by atoms with Gasteiger partial charge in [0.15, 0.2) is 11.6 Å². The van der Waals surface area contributed by atoms with Crippen molar-refractivity contribution in [1.29, 1.82) is 0 Å². The molecule has 1 atom stereocenters. The second-order valence-corrected chi connectivity index (χ2v) is 12.2. The molecule has 46 heavy (non-hydrogen) atoms. The lowest BCUT2D eigenvalue weighted by Crippen LogP contribution is -2.39. The van der Waals surface area contributed by atoms with Gasteiger partial charge in [0.25, 0.3) is 5.91 Å². The number of carbonyl (C=O) groups excluding carboxylic acids is 1. The van der Waals surface area contributed by atoms with Gasteiger partial charge in [-0.05, 0) is 83.9 Å². The Balaban J connectivity index is 1.23. The first-order valence-corrected chi connectivity index (χ1v) is 16.7. The normalized spacial score (nSPS) is 16.2. The molecule has 11 heteroatoms. The van der Waals surface area contributed by atoms with Crippen LogP contribution in [0.3, 0.4) is 0 Å². The van der Waals surface area contributed by atoms with Crippen LogP contribution >= 0.6 is 0 Å². The lowest BCUT2D eigenvalue weighted by Gasteiger charge is -2.34. The van der Waals surface area contributed by atoms with Crippen LogP contribution in [0.4, 0.5) is 10.2 Å². The molecule has 0 spiro atoms. The van der Waals surface area contributed by atoms with Crippen LogP contribution in [0.2, 0.25) is 0 Å². The minimum Gasteiger partial charge on any atom is -0.490 e. The number of rotatable bonds is 14. The van der Waals surface area contributed by atoms with Gasteiger partial charge in [-0.3, -0.25) is 14.7 Å². The molecule has 1 fully saturated rings. The van der Waals surface area contributed by atoms with E-state index in [-0.39, 0.29) is 29.4 Å². The molecule has 1 unspecified atom stereocenters. The van der Waals surface area contributed by atoms with E-state index in [0.717, 1.165) is 76.4 Å². The highest BCUT2D eigenvalue weighted by atomic mass is 19.1. The van der Waals surface area contributed by atoms with E-state index in [9.17, 15) is 9.18 Å². The minimum atomic E-state index is -0.490. The van der Waals surface area contributed by atoms with Gasteiger partial charge in [0.2, 0.25) is 0 Å². The van der Waals surface area contributed by atoms with Crippen molar-refractivity contribution in [2.75, 3.05) is 51.2 Å². The van der Waals surface area contributed by atoms with E-state index < -0.39 is 5.82 Å². The number of hydrogen-bond acceptors (Lipinski definition) is 9. The molecule has 2 aliphatic heterocycles. The summed E-state index contributed by atoms with van der Waals surface area (Å²) >= 11 is 0. The second kappa shape index (κ2) is 16.1. The van der Waals surface area contributed by atoms with Crippen LogP contribution < -0.4 is 19.7 Å². The van der Waals surface area contributed by atoms with Crippen LogP contribution in [0, 0.1) is 5.82 Å². The molecule has 248 valence electrons. The average molecular weight is 634 g/mol. The molecule has 0 aliphatic carbocycles. The highest BCUT2D eigenvalue weighted by Gasteiger charge is 2.28. The van der Waals surface area contributed by atoms with Crippen LogP contribution in [-0.4, -0.2) is 89.1 Å². The molecule has 2 aliphatic rings. The number of unbranched alkanes of at least 4 members (excludes halogenated alkanes) is 1. The molecular formula is C35H48FN7O3. The van der Waals surface area contributed by atoms with Gasteiger partial charge in [0.1, 0.15) is 29.7 Å². The number of halogens is 1. The minimum absolute atomic E-state index is 0.0124. The number of pyridine rings is 1. The fourth-order valence-corrected chi connectivity index (χ4v) is 6.31. The van der Waals surface area contributed by atoms with E-state index in [4.69, 9.17) is 14.5 Å². The molecule has 0 radical (unpaired) electrons. The molecule has 10 nitrogen and oxygen atoms in total. The van der Waals surface area contributed by atoms with Crippen molar-refractivity contribution < 1.29 is 18.7 Å². The summed E-state index contributed by atoms with van der Waals surface area (Å²) in [6.07, 6.45) is 10.8. The summed E-state index contributed by atoms with van der Waals surface area (Å²) in [5.41, 5.74) is 2.55. The molecule has 5 rings (SSSR count). The third kappa shape index (κ3) is 8.11. The number of hydrogen-bond donors (Lipinski definition) is 1. The molecule has 1 N–H and O–H groups in total. The zero-order valence-electron chi connectivity index (χ0n) is 27.7. The van der Waals surface area contributed by atoms with Crippen molar-refractivity contribution in [2.45, 2.75) is 78.0 Å². The fourth-order valence-electron chi connectivity index (χ4n) is 6.31. The molecule has 0 bridgehead atoms. The number of ether oxygens (including phenoxy) is 2. The third-order valence-corrected chi connectivity index (χ3v) is 9.11. The number of nitrogens with zero attached hydrogens (tertiary/aromatic N) is 6. The summed E-state index contributed by atoms with van der Waals surface area (Å²) in [5, 5.41) is 3.22. The summed E-state index contributed by atoms with van der Waals surface area (Å²) in [6, 6.07) is 6.07.